The van der Waals surface area contributed by atoms with Crippen LogP contribution in [-0.4, -0.2) is 56.0 Å². The quantitative estimate of drug-likeness (QED) is 0.530. The molecule has 0 aliphatic carbocycles. The second-order valence-corrected chi connectivity index (χ2v) is 9.70. The molecule has 6 nitrogen and oxygen atoms in total. The average molecular weight is 471 g/mol. The van der Waals surface area contributed by atoms with E-state index in [1.807, 2.05) is 57.4 Å². The van der Waals surface area contributed by atoms with E-state index in [-0.39, 0.29) is 5.91 Å². The first-order valence-corrected chi connectivity index (χ1v) is 12.2. The number of aryl methyl sites for hydroxylation is 1. The molecule has 1 saturated heterocycles. The third kappa shape index (κ3) is 5.82. The van der Waals surface area contributed by atoms with Gasteiger partial charge in [-0.05, 0) is 87.9 Å². The van der Waals surface area contributed by atoms with E-state index in [0.717, 1.165) is 67.2 Å². The number of benzene rings is 2. The van der Waals surface area contributed by atoms with Crippen LogP contribution in [0.15, 0.2) is 65.1 Å². The van der Waals surface area contributed by atoms with Gasteiger partial charge in [0.15, 0.2) is 0 Å². The van der Waals surface area contributed by atoms with Crippen LogP contribution in [0.2, 0.25) is 0 Å². The van der Waals surface area contributed by atoms with Crippen molar-refractivity contribution in [2.45, 2.75) is 31.7 Å². The molecule has 182 valence electrons. The summed E-state index contributed by atoms with van der Waals surface area (Å²) < 4.78 is 5.77. The monoisotopic (exact) mass is 470 g/mol. The second kappa shape index (κ2) is 10.9. The van der Waals surface area contributed by atoms with Gasteiger partial charge in [0.25, 0.3) is 0 Å². The molecule has 1 aromatic heterocycles. The second-order valence-electron chi connectivity index (χ2n) is 9.70. The van der Waals surface area contributed by atoms with Crippen LogP contribution in [0.5, 0.6) is 0 Å². The fourth-order valence-corrected chi connectivity index (χ4v) is 4.81. The van der Waals surface area contributed by atoms with Gasteiger partial charge < -0.3 is 14.6 Å². The molecule has 4 rings (SSSR count). The van der Waals surface area contributed by atoms with Gasteiger partial charge in [0.1, 0.15) is 11.5 Å². The molecular formula is C29H34N4O2. The lowest BCUT2D eigenvalue weighted by Gasteiger charge is -2.41. The number of nitriles is 1. The average Bonchev–Trinajstić information content (AvgIpc) is 3.29. The number of nitrogens with one attached hydrogen (secondary N) is 1. The largest absolute Gasteiger partial charge is 0.465 e. The predicted molar refractivity (Wildman–Crippen MR) is 138 cm³/mol. The SMILES string of the molecule is Cc1ccc(CN2CCC(C(=O)NCCN(C)C)(c3ccc(-c4ccc(C#N)cc4)cc3)CC2)o1. The summed E-state index contributed by atoms with van der Waals surface area (Å²) in [6.45, 7) is 5.83. The van der Waals surface area contributed by atoms with Crippen LogP contribution in [0.3, 0.4) is 0 Å². The molecular weight excluding hydrogens is 436 g/mol. The maximum atomic E-state index is 13.6. The van der Waals surface area contributed by atoms with E-state index in [2.05, 4.69) is 45.5 Å². The highest BCUT2D eigenvalue weighted by Crippen LogP contribution is 2.37. The molecule has 1 N–H and O–H groups in total. The Labute approximate surface area is 208 Å². The lowest BCUT2D eigenvalue weighted by Crippen LogP contribution is -2.52. The topological polar surface area (TPSA) is 72.5 Å². The van der Waals surface area contributed by atoms with E-state index in [1.54, 1.807) is 0 Å². The summed E-state index contributed by atoms with van der Waals surface area (Å²) in [4.78, 5) is 18.0. The minimum Gasteiger partial charge on any atom is -0.465 e. The first-order valence-electron chi connectivity index (χ1n) is 12.2. The fourth-order valence-electron chi connectivity index (χ4n) is 4.81. The van der Waals surface area contributed by atoms with Gasteiger partial charge in [-0.25, -0.2) is 0 Å². The molecule has 2 heterocycles. The zero-order valence-electron chi connectivity index (χ0n) is 20.9. The molecule has 1 aliphatic heterocycles. The first kappa shape index (κ1) is 24.7. The first-order chi connectivity index (χ1) is 16.9. The zero-order chi connectivity index (χ0) is 24.8. The van der Waals surface area contributed by atoms with Gasteiger partial charge in [-0.15, -0.1) is 0 Å². The van der Waals surface area contributed by atoms with Crippen molar-refractivity contribution in [3.05, 3.63) is 83.3 Å². The smallest absolute Gasteiger partial charge is 0.230 e. The van der Waals surface area contributed by atoms with Crippen LogP contribution in [0.25, 0.3) is 11.1 Å². The number of furan rings is 1. The summed E-state index contributed by atoms with van der Waals surface area (Å²) in [7, 11) is 4.03. The van der Waals surface area contributed by atoms with Crippen molar-refractivity contribution in [3.8, 4) is 17.2 Å². The maximum Gasteiger partial charge on any atom is 0.230 e. The Morgan fingerprint density at radius 2 is 1.66 bits per heavy atom. The summed E-state index contributed by atoms with van der Waals surface area (Å²) in [5, 5.41) is 12.3. The molecule has 0 saturated carbocycles. The van der Waals surface area contributed by atoms with Crippen molar-refractivity contribution in [2.24, 2.45) is 0 Å². The molecule has 1 amide bonds. The highest BCUT2D eigenvalue weighted by Gasteiger charge is 2.42. The number of likely N-dealkylation sites (N-methyl/N-ethyl adjacent to an activating group) is 1. The van der Waals surface area contributed by atoms with Crippen molar-refractivity contribution >= 4 is 5.91 Å². The summed E-state index contributed by atoms with van der Waals surface area (Å²) >= 11 is 0. The number of amides is 1. The van der Waals surface area contributed by atoms with Crippen LogP contribution in [0.4, 0.5) is 0 Å². The minimum absolute atomic E-state index is 0.110. The van der Waals surface area contributed by atoms with Crippen molar-refractivity contribution in [1.82, 2.24) is 15.1 Å². The number of carbonyl (C=O) groups excluding carboxylic acids is 1. The lowest BCUT2D eigenvalue weighted by atomic mass is 9.71. The Balaban J connectivity index is 1.53. The number of hydrogen-bond acceptors (Lipinski definition) is 5. The van der Waals surface area contributed by atoms with Gasteiger partial charge in [-0.1, -0.05) is 36.4 Å². The molecule has 0 atom stereocenters. The number of nitrogens with zero attached hydrogens (tertiary/aromatic N) is 3. The van der Waals surface area contributed by atoms with Gasteiger partial charge in [0.05, 0.1) is 23.6 Å². The minimum atomic E-state index is -0.551. The molecule has 0 radical (unpaired) electrons. The molecule has 0 unspecified atom stereocenters. The van der Waals surface area contributed by atoms with Crippen molar-refractivity contribution in [3.63, 3.8) is 0 Å². The highest BCUT2D eigenvalue weighted by molar-refractivity contribution is 5.88. The molecule has 6 heteroatoms. The molecule has 35 heavy (non-hydrogen) atoms. The predicted octanol–water partition coefficient (Wildman–Crippen LogP) is 4.34. The van der Waals surface area contributed by atoms with Crippen LogP contribution < -0.4 is 5.32 Å². The molecule has 1 fully saturated rings. The van der Waals surface area contributed by atoms with E-state index in [4.69, 9.17) is 9.68 Å². The molecule has 0 bridgehead atoms. The van der Waals surface area contributed by atoms with E-state index >= 15 is 0 Å². The van der Waals surface area contributed by atoms with E-state index in [0.29, 0.717) is 12.1 Å². The van der Waals surface area contributed by atoms with Crippen LogP contribution >= 0.6 is 0 Å². The maximum absolute atomic E-state index is 13.6. The van der Waals surface area contributed by atoms with Gasteiger partial charge in [-0.2, -0.15) is 5.26 Å². The highest BCUT2D eigenvalue weighted by atomic mass is 16.3. The third-order valence-corrected chi connectivity index (χ3v) is 6.95. The number of likely N-dealkylation sites (tertiary alicyclic amines) is 1. The van der Waals surface area contributed by atoms with Crippen molar-refractivity contribution in [1.29, 1.82) is 5.26 Å². The Morgan fingerprint density at radius 1 is 1.03 bits per heavy atom. The van der Waals surface area contributed by atoms with E-state index < -0.39 is 5.41 Å². The summed E-state index contributed by atoms with van der Waals surface area (Å²) in [6.07, 6.45) is 1.52. The Morgan fingerprint density at radius 3 is 2.20 bits per heavy atom. The van der Waals surface area contributed by atoms with Crippen LogP contribution in [0.1, 0.15) is 35.5 Å². The van der Waals surface area contributed by atoms with Crippen LogP contribution in [-0.2, 0) is 16.8 Å². The van der Waals surface area contributed by atoms with Gasteiger partial charge in [0, 0.05) is 13.1 Å². The third-order valence-electron chi connectivity index (χ3n) is 6.95. The standard InChI is InChI=1S/C29H34N4O2/c1-22-4-13-27(35-22)21-33-17-14-29(15-18-33,28(34)31-16-19-32(2)3)26-11-9-25(10-12-26)24-7-5-23(20-30)6-8-24/h4-13H,14-19,21H2,1-3H3,(H,31,34). The summed E-state index contributed by atoms with van der Waals surface area (Å²) in [5.41, 5.74) is 3.29. The van der Waals surface area contributed by atoms with E-state index in [1.165, 1.54) is 0 Å². The normalized spacial score (nSPS) is 15.6. The fraction of sp³-hybridized carbons (Fsp3) is 0.379. The van der Waals surface area contributed by atoms with Crippen molar-refractivity contribution in [2.75, 3.05) is 40.3 Å². The van der Waals surface area contributed by atoms with E-state index in [9.17, 15) is 4.79 Å². The van der Waals surface area contributed by atoms with Crippen LogP contribution in [0, 0.1) is 18.3 Å². The Kier molecular flexibility index (Phi) is 7.70. The number of carbonyl (C=O) groups is 1. The molecule has 1 aliphatic rings. The van der Waals surface area contributed by atoms with Crippen molar-refractivity contribution < 1.29 is 9.21 Å². The zero-order valence-corrected chi connectivity index (χ0v) is 20.9. The number of hydrogen-bond donors (Lipinski definition) is 1. The van der Waals surface area contributed by atoms with Gasteiger partial charge in [0.2, 0.25) is 5.91 Å². The lowest BCUT2D eigenvalue weighted by molar-refractivity contribution is -0.128. The molecule has 2 aromatic carbocycles. The summed E-state index contributed by atoms with van der Waals surface area (Å²) in [6, 6.07) is 22.2. The number of piperidine rings is 1. The molecule has 3 aromatic rings. The Hall–Kier alpha value is -3.40. The summed E-state index contributed by atoms with van der Waals surface area (Å²) in [5.74, 6) is 2.00. The number of rotatable bonds is 8. The Bertz CT molecular complexity index is 1160. The van der Waals surface area contributed by atoms with Gasteiger partial charge >= 0.3 is 0 Å². The molecule has 0 spiro atoms. The van der Waals surface area contributed by atoms with Gasteiger partial charge in [-0.3, -0.25) is 9.69 Å².